The van der Waals surface area contributed by atoms with E-state index in [1.165, 1.54) is 16.1 Å². The van der Waals surface area contributed by atoms with Gasteiger partial charge in [0.2, 0.25) is 0 Å². The van der Waals surface area contributed by atoms with Gasteiger partial charge in [-0.15, -0.1) is 11.3 Å². The van der Waals surface area contributed by atoms with E-state index >= 15 is 0 Å². The second kappa shape index (κ2) is 6.73. The van der Waals surface area contributed by atoms with E-state index in [4.69, 9.17) is 9.15 Å². The maximum absolute atomic E-state index is 6.14. The molecule has 2 saturated heterocycles. The van der Waals surface area contributed by atoms with Crippen LogP contribution in [0.1, 0.15) is 16.1 Å². The molecular weight excluding hydrogens is 310 g/mol. The van der Waals surface area contributed by atoms with E-state index in [2.05, 4.69) is 27.8 Å². The van der Waals surface area contributed by atoms with Crippen LogP contribution in [0.4, 0.5) is 0 Å². The summed E-state index contributed by atoms with van der Waals surface area (Å²) in [4.78, 5) is 10.8. The van der Waals surface area contributed by atoms with Crippen molar-refractivity contribution in [1.29, 1.82) is 0 Å². The van der Waals surface area contributed by atoms with Gasteiger partial charge in [-0.2, -0.15) is 0 Å². The summed E-state index contributed by atoms with van der Waals surface area (Å²) >= 11 is 1.76. The Balaban J connectivity index is 1.37. The van der Waals surface area contributed by atoms with Crippen LogP contribution in [-0.2, 0) is 17.8 Å². The lowest BCUT2D eigenvalue weighted by atomic mass is 10.1. The molecule has 23 heavy (non-hydrogen) atoms. The van der Waals surface area contributed by atoms with E-state index in [9.17, 15) is 0 Å². The summed E-state index contributed by atoms with van der Waals surface area (Å²) in [6.07, 6.45) is 3.97. The van der Waals surface area contributed by atoms with E-state index < -0.39 is 0 Å². The molecule has 2 atom stereocenters. The van der Waals surface area contributed by atoms with Gasteiger partial charge in [0.15, 0.2) is 0 Å². The summed E-state index contributed by atoms with van der Waals surface area (Å²) in [7, 11) is 0. The lowest BCUT2D eigenvalue weighted by Crippen LogP contribution is -2.32. The van der Waals surface area contributed by atoms with Gasteiger partial charge in [0.05, 0.1) is 36.4 Å². The molecule has 2 aromatic heterocycles. The summed E-state index contributed by atoms with van der Waals surface area (Å²) in [6, 6.07) is 2.05. The number of thiazole rings is 1. The van der Waals surface area contributed by atoms with Crippen LogP contribution in [0.15, 0.2) is 28.5 Å². The highest BCUT2D eigenvalue weighted by atomic mass is 32.1. The van der Waals surface area contributed by atoms with Crippen molar-refractivity contribution < 1.29 is 9.15 Å². The maximum atomic E-state index is 6.14. The summed E-state index contributed by atoms with van der Waals surface area (Å²) < 4.78 is 11.3. The Morgan fingerprint density at radius 2 is 2.17 bits per heavy atom. The fraction of sp³-hybridized carbons (Fsp3) is 0.588. The molecule has 0 amide bonds. The first kappa shape index (κ1) is 15.3. The number of rotatable bonds is 4. The van der Waals surface area contributed by atoms with Gasteiger partial charge in [0.1, 0.15) is 0 Å². The van der Waals surface area contributed by atoms with Crippen molar-refractivity contribution in [3.05, 3.63) is 40.2 Å². The molecular formula is C17H23N3O2S. The standard InChI is InChI=1S/C17H23N3O2S/c1-13-17(23-12-18-13)10-20-8-15-7-19(3-5-22-16(15)9-20)6-14-2-4-21-11-14/h2,4,11-12,15-16H,3,5-10H2,1H3/t15-,16+/m0/s1. The minimum atomic E-state index is 0.373. The Morgan fingerprint density at radius 1 is 1.26 bits per heavy atom. The van der Waals surface area contributed by atoms with Gasteiger partial charge in [-0.1, -0.05) is 0 Å². The van der Waals surface area contributed by atoms with Crippen LogP contribution in [0.5, 0.6) is 0 Å². The number of fused-ring (bicyclic) bond motifs is 1. The summed E-state index contributed by atoms with van der Waals surface area (Å²) in [6.45, 7) is 9.16. The smallest absolute Gasteiger partial charge is 0.0947 e. The van der Waals surface area contributed by atoms with Crippen LogP contribution in [-0.4, -0.2) is 53.7 Å². The number of ether oxygens (including phenoxy) is 1. The number of likely N-dealkylation sites (tertiary alicyclic amines) is 1. The molecule has 2 aliphatic heterocycles. The lowest BCUT2D eigenvalue weighted by Gasteiger charge is -2.22. The molecule has 0 saturated carbocycles. The fourth-order valence-electron chi connectivity index (χ4n) is 3.64. The van der Waals surface area contributed by atoms with E-state index in [-0.39, 0.29) is 0 Å². The normalized spacial score (nSPS) is 26.3. The predicted octanol–water partition coefficient (Wildman–Crippen LogP) is 2.38. The number of aryl methyl sites for hydroxylation is 1. The predicted molar refractivity (Wildman–Crippen MR) is 89.3 cm³/mol. The van der Waals surface area contributed by atoms with Gasteiger partial charge < -0.3 is 9.15 Å². The third-order valence-electron chi connectivity index (χ3n) is 4.89. The highest BCUT2D eigenvalue weighted by Crippen LogP contribution is 2.27. The molecule has 5 nitrogen and oxygen atoms in total. The number of hydrogen-bond acceptors (Lipinski definition) is 6. The summed E-state index contributed by atoms with van der Waals surface area (Å²) in [5, 5.41) is 0. The Kier molecular flexibility index (Phi) is 4.48. The van der Waals surface area contributed by atoms with Gasteiger partial charge in [0, 0.05) is 55.6 Å². The first-order chi connectivity index (χ1) is 11.3. The van der Waals surface area contributed by atoms with Crippen LogP contribution in [0.2, 0.25) is 0 Å². The van der Waals surface area contributed by atoms with Crippen molar-refractivity contribution in [2.45, 2.75) is 26.1 Å². The van der Waals surface area contributed by atoms with E-state index in [0.717, 1.165) is 45.9 Å². The number of hydrogen-bond donors (Lipinski definition) is 0. The SMILES string of the molecule is Cc1ncsc1CN1C[C@@H]2CN(Cc3ccoc3)CCO[C@@H]2C1. The third kappa shape index (κ3) is 3.50. The summed E-state index contributed by atoms with van der Waals surface area (Å²) in [5.41, 5.74) is 4.37. The van der Waals surface area contributed by atoms with Crippen LogP contribution in [0.3, 0.4) is 0 Å². The first-order valence-electron chi connectivity index (χ1n) is 8.24. The average Bonchev–Trinajstić information content (AvgIpc) is 3.22. The highest BCUT2D eigenvalue weighted by Gasteiger charge is 2.36. The Bertz CT molecular complexity index is 628. The second-order valence-corrected chi connectivity index (χ2v) is 7.53. The highest BCUT2D eigenvalue weighted by molar-refractivity contribution is 7.09. The quantitative estimate of drug-likeness (QED) is 0.859. The van der Waals surface area contributed by atoms with E-state index in [1.807, 2.05) is 11.8 Å². The van der Waals surface area contributed by atoms with E-state index in [0.29, 0.717) is 12.0 Å². The first-order valence-corrected chi connectivity index (χ1v) is 9.12. The lowest BCUT2D eigenvalue weighted by molar-refractivity contribution is 0.0510. The van der Waals surface area contributed by atoms with Crippen molar-refractivity contribution in [1.82, 2.24) is 14.8 Å². The topological polar surface area (TPSA) is 41.7 Å². The van der Waals surface area contributed by atoms with Crippen molar-refractivity contribution in [2.24, 2.45) is 5.92 Å². The van der Waals surface area contributed by atoms with Gasteiger partial charge in [-0.3, -0.25) is 9.80 Å². The Hall–Kier alpha value is -1.21. The molecule has 0 unspecified atom stereocenters. The molecule has 0 radical (unpaired) electrons. The molecule has 2 aliphatic rings. The van der Waals surface area contributed by atoms with Crippen LogP contribution in [0, 0.1) is 12.8 Å². The van der Waals surface area contributed by atoms with Crippen molar-refractivity contribution in [3.8, 4) is 0 Å². The molecule has 0 aromatic carbocycles. The monoisotopic (exact) mass is 333 g/mol. The molecule has 4 rings (SSSR count). The minimum absolute atomic E-state index is 0.373. The zero-order valence-electron chi connectivity index (χ0n) is 13.5. The van der Waals surface area contributed by atoms with Gasteiger partial charge in [-0.25, -0.2) is 4.98 Å². The van der Waals surface area contributed by atoms with Crippen molar-refractivity contribution in [3.63, 3.8) is 0 Å². The van der Waals surface area contributed by atoms with Crippen LogP contribution in [0.25, 0.3) is 0 Å². The molecule has 6 heteroatoms. The molecule has 2 aromatic rings. The van der Waals surface area contributed by atoms with E-state index in [1.54, 1.807) is 17.6 Å². The number of furan rings is 1. The van der Waals surface area contributed by atoms with Crippen molar-refractivity contribution in [2.75, 3.05) is 32.8 Å². The van der Waals surface area contributed by atoms with Crippen LogP contribution < -0.4 is 0 Å². The maximum Gasteiger partial charge on any atom is 0.0947 e. The molecule has 2 fully saturated rings. The van der Waals surface area contributed by atoms with Gasteiger partial charge in [0.25, 0.3) is 0 Å². The number of nitrogens with zero attached hydrogens (tertiary/aromatic N) is 3. The Morgan fingerprint density at radius 3 is 2.96 bits per heavy atom. The van der Waals surface area contributed by atoms with Crippen molar-refractivity contribution >= 4 is 11.3 Å². The average molecular weight is 333 g/mol. The summed E-state index contributed by atoms with van der Waals surface area (Å²) in [5.74, 6) is 0.595. The molecule has 0 aliphatic carbocycles. The largest absolute Gasteiger partial charge is 0.472 e. The van der Waals surface area contributed by atoms with Gasteiger partial charge >= 0.3 is 0 Å². The molecule has 0 spiro atoms. The molecule has 0 bridgehead atoms. The molecule has 124 valence electrons. The zero-order valence-corrected chi connectivity index (χ0v) is 14.3. The zero-order chi connectivity index (χ0) is 15.6. The van der Waals surface area contributed by atoms with Crippen LogP contribution >= 0.6 is 11.3 Å². The second-order valence-electron chi connectivity index (χ2n) is 6.59. The molecule has 4 heterocycles. The molecule has 0 N–H and O–H groups in total. The Labute approximate surface area is 140 Å². The van der Waals surface area contributed by atoms with Gasteiger partial charge in [-0.05, 0) is 13.0 Å². The third-order valence-corrected chi connectivity index (χ3v) is 5.81. The number of aromatic nitrogens is 1. The fourth-order valence-corrected chi connectivity index (χ4v) is 4.46. The minimum Gasteiger partial charge on any atom is -0.472 e.